The number of amides is 1. The number of nitrogens with one attached hydrogen (secondary N) is 1. The predicted molar refractivity (Wildman–Crippen MR) is 139 cm³/mol. The van der Waals surface area contributed by atoms with Gasteiger partial charge in [-0.05, 0) is 99.1 Å². The Balaban J connectivity index is 1.10. The average molecular weight is 489 g/mol. The van der Waals surface area contributed by atoms with Crippen molar-refractivity contribution in [3.8, 4) is 0 Å². The monoisotopic (exact) mass is 488 g/mol. The molecular formula is C29H36N4O3. The summed E-state index contributed by atoms with van der Waals surface area (Å²) in [6.45, 7) is 4.68. The van der Waals surface area contributed by atoms with Gasteiger partial charge in [0.05, 0.1) is 12.7 Å². The number of esters is 1. The molecule has 1 amide bonds. The highest BCUT2D eigenvalue weighted by Gasteiger charge is 2.48. The van der Waals surface area contributed by atoms with E-state index in [1.54, 1.807) is 0 Å². The third-order valence-electron chi connectivity index (χ3n) is 9.07. The van der Waals surface area contributed by atoms with Crippen LogP contribution in [0.2, 0.25) is 0 Å². The lowest BCUT2D eigenvalue weighted by Gasteiger charge is -2.54. The molecule has 2 heterocycles. The molecule has 4 aliphatic carbocycles. The first-order chi connectivity index (χ1) is 17.5. The second-order valence-electron chi connectivity index (χ2n) is 11.3. The quantitative estimate of drug-likeness (QED) is 0.638. The largest absolute Gasteiger partial charge is 0.465 e. The Bertz CT molecular complexity index is 1110. The maximum absolute atomic E-state index is 13.3. The summed E-state index contributed by atoms with van der Waals surface area (Å²) in [4.78, 5) is 34.4. The minimum atomic E-state index is -0.321. The van der Waals surface area contributed by atoms with Crippen LogP contribution in [0.5, 0.6) is 0 Å². The van der Waals surface area contributed by atoms with Crippen molar-refractivity contribution in [1.82, 2.24) is 10.3 Å². The lowest BCUT2D eigenvalue weighted by atomic mass is 9.54. The third kappa shape index (κ3) is 4.33. The molecule has 5 aliphatic rings. The maximum atomic E-state index is 13.3. The molecule has 1 saturated heterocycles. The van der Waals surface area contributed by atoms with E-state index in [-0.39, 0.29) is 17.9 Å². The van der Waals surface area contributed by atoms with Gasteiger partial charge in [-0.1, -0.05) is 6.07 Å². The number of methoxy groups -OCH3 is 1. The smallest absolute Gasteiger partial charge is 0.337 e. The van der Waals surface area contributed by atoms with Crippen LogP contribution in [-0.4, -0.2) is 55.7 Å². The van der Waals surface area contributed by atoms with Crippen molar-refractivity contribution in [2.24, 2.45) is 23.7 Å². The molecule has 0 radical (unpaired) electrons. The summed E-state index contributed by atoms with van der Waals surface area (Å²) in [7, 11) is 1.40. The molecular weight excluding hydrogens is 452 g/mol. The summed E-state index contributed by atoms with van der Waals surface area (Å²) in [6.07, 6.45) is 6.58. The molecule has 7 rings (SSSR count). The van der Waals surface area contributed by atoms with Crippen molar-refractivity contribution in [3.63, 3.8) is 0 Å². The fourth-order valence-electron chi connectivity index (χ4n) is 7.55. The van der Waals surface area contributed by atoms with Gasteiger partial charge in [0.1, 0.15) is 11.5 Å². The van der Waals surface area contributed by atoms with Gasteiger partial charge in [0.2, 0.25) is 0 Å². The number of hydrogen-bond donors (Lipinski definition) is 1. The molecule has 1 atom stereocenters. The second-order valence-corrected chi connectivity index (χ2v) is 11.3. The van der Waals surface area contributed by atoms with Crippen LogP contribution in [0, 0.1) is 23.7 Å². The number of ether oxygens (including phenoxy) is 1. The van der Waals surface area contributed by atoms with Crippen LogP contribution in [0.25, 0.3) is 0 Å². The number of piperazine rings is 1. The highest BCUT2D eigenvalue weighted by Crippen LogP contribution is 2.53. The second kappa shape index (κ2) is 9.41. The lowest BCUT2D eigenvalue weighted by Crippen LogP contribution is -2.56. The highest BCUT2D eigenvalue weighted by atomic mass is 16.5. The first kappa shape index (κ1) is 23.3. The number of carbonyl (C=O) groups is 2. The number of aromatic nitrogens is 1. The average Bonchev–Trinajstić information content (AvgIpc) is 2.90. The van der Waals surface area contributed by atoms with E-state index in [2.05, 4.69) is 22.0 Å². The van der Waals surface area contributed by atoms with Crippen LogP contribution in [0.4, 0.5) is 11.5 Å². The van der Waals surface area contributed by atoms with Crippen LogP contribution in [0.15, 0.2) is 42.5 Å². The molecule has 7 nitrogen and oxygen atoms in total. The summed E-state index contributed by atoms with van der Waals surface area (Å²) in [5, 5.41) is 3.40. The third-order valence-corrected chi connectivity index (χ3v) is 9.07. The first-order valence-corrected chi connectivity index (χ1v) is 13.5. The van der Waals surface area contributed by atoms with E-state index in [1.165, 1.54) is 39.2 Å². The number of nitrogens with zero attached hydrogens (tertiary/aromatic N) is 3. The molecule has 2 aromatic rings. The minimum absolute atomic E-state index is 0.0219. The first-order valence-electron chi connectivity index (χ1n) is 13.5. The van der Waals surface area contributed by atoms with Crippen molar-refractivity contribution in [3.05, 3.63) is 53.7 Å². The Morgan fingerprint density at radius 1 is 0.944 bits per heavy atom. The van der Waals surface area contributed by atoms with Gasteiger partial charge < -0.3 is 19.9 Å². The zero-order valence-electron chi connectivity index (χ0n) is 21.2. The molecule has 4 bridgehead atoms. The lowest BCUT2D eigenvalue weighted by molar-refractivity contribution is -0.0120. The SMILES string of the molecule is COC(=O)c1ccc(N2CCN(c3cccc(C(=O)NC4C5CC6CC(C5)CC4C6)n3)C(C)C2)cc1. The Morgan fingerprint density at radius 2 is 1.64 bits per heavy atom. The van der Waals surface area contributed by atoms with Gasteiger partial charge in [0.25, 0.3) is 5.91 Å². The normalized spacial score (nSPS) is 30.8. The fourth-order valence-corrected chi connectivity index (χ4v) is 7.55. The van der Waals surface area contributed by atoms with Crippen molar-refractivity contribution in [2.45, 2.75) is 51.1 Å². The molecule has 1 N–H and O–H groups in total. The highest BCUT2D eigenvalue weighted by molar-refractivity contribution is 5.93. The topological polar surface area (TPSA) is 74.8 Å². The van der Waals surface area contributed by atoms with E-state index in [4.69, 9.17) is 9.72 Å². The maximum Gasteiger partial charge on any atom is 0.337 e. The number of rotatable bonds is 5. The van der Waals surface area contributed by atoms with Crippen LogP contribution < -0.4 is 15.1 Å². The van der Waals surface area contributed by atoms with E-state index >= 15 is 0 Å². The van der Waals surface area contributed by atoms with E-state index < -0.39 is 0 Å². The Kier molecular flexibility index (Phi) is 6.10. The Labute approximate surface area is 213 Å². The zero-order chi connectivity index (χ0) is 24.8. The number of pyridine rings is 1. The molecule has 0 spiro atoms. The summed E-state index contributed by atoms with van der Waals surface area (Å²) in [5.74, 6) is 3.62. The van der Waals surface area contributed by atoms with Gasteiger partial charge in [0, 0.05) is 37.4 Å². The van der Waals surface area contributed by atoms with Crippen molar-refractivity contribution in [2.75, 3.05) is 36.5 Å². The standard InChI is InChI=1S/C29H36N4O3/c1-18-17-32(24-8-6-21(7-9-24)29(35)36-2)10-11-33(18)26-5-3-4-25(30-26)28(34)31-27-22-13-19-12-20(15-22)16-23(27)14-19/h3-9,18-20,22-23,27H,10-17H2,1-2H3,(H,31,34). The van der Waals surface area contributed by atoms with Gasteiger partial charge in [-0.2, -0.15) is 0 Å². The van der Waals surface area contributed by atoms with Crippen molar-refractivity contribution in [1.29, 1.82) is 0 Å². The summed E-state index contributed by atoms with van der Waals surface area (Å²) in [5.41, 5.74) is 2.17. The number of benzene rings is 1. The molecule has 1 aromatic carbocycles. The molecule has 1 unspecified atom stereocenters. The van der Waals surface area contributed by atoms with Crippen LogP contribution >= 0.6 is 0 Å². The Morgan fingerprint density at radius 3 is 2.28 bits per heavy atom. The molecule has 5 fully saturated rings. The summed E-state index contributed by atoms with van der Waals surface area (Å²) < 4.78 is 4.80. The fraction of sp³-hybridized carbons (Fsp3) is 0.552. The van der Waals surface area contributed by atoms with Crippen LogP contribution in [-0.2, 0) is 4.74 Å². The van der Waals surface area contributed by atoms with E-state index in [9.17, 15) is 9.59 Å². The summed E-state index contributed by atoms with van der Waals surface area (Å²) >= 11 is 0. The van der Waals surface area contributed by atoms with Gasteiger partial charge in [-0.15, -0.1) is 0 Å². The molecule has 36 heavy (non-hydrogen) atoms. The molecule has 1 aromatic heterocycles. The van der Waals surface area contributed by atoms with Gasteiger partial charge >= 0.3 is 5.97 Å². The van der Waals surface area contributed by atoms with Gasteiger partial charge in [-0.3, -0.25) is 4.79 Å². The van der Waals surface area contributed by atoms with Crippen LogP contribution in [0.1, 0.15) is 59.9 Å². The zero-order valence-corrected chi connectivity index (χ0v) is 21.2. The molecule has 190 valence electrons. The summed E-state index contributed by atoms with van der Waals surface area (Å²) in [6, 6.07) is 13.9. The molecule has 7 heteroatoms. The number of carbonyl (C=O) groups excluding carboxylic acids is 2. The van der Waals surface area contributed by atoms with Crippen molar-refractivity contribution >= 4 is 23.4 Å². The van der Waals surface area contributed by atoms with E-state index in [0.717, 1.165) is 43.0 Å². The number of anilines is 2. The molecule has 4 saturated carbocycles. The van der Waals surface area contributed by atoms with Gasteiger partial charge in [0.15, 0.2) is 0 Å². The van der Waals surface area contributed by atoms with E-state index in [1.807, 2.05) is 42.5 Å². The predicted octanol–water partition coefficient (Wildman–Crippen LogP) is 4.14. The van der Waals surface area contributed by atoms with Crippen LogP contribution in [0.3, 0.4) is 0 Å². The number of hydrogen-bond acceptors (Lipinski definition) is 6. The molecule has 1 aliphatic heterocycles. The minimum Gasteiger partial charge on any atom is -0.465 e. The Hall–Kier alpha value is -3.09. The van der Waals surface area contributed by atoms with E-state index in [0.29, 0.717) is 29.1 Å². The van der Waals surface area contributed by atoms with Crippen molar-refractivity contribution < 1.29 is 14.3 Å². The van der Waals surface area contributed by atoms with Gasteiger partial charge in [-0.25, -0.2) is 9.78 Å².